The van der Waals surface area contributed by atoms with E-state index in [4.69, 9.17) is 5.14 Å². The summed E-state index contributed by atoms with van der Waals surface area (Å²) in [6, 6.07) is 0. The van der Waals surface area contributed by atoms with Gasteiger partial charge in [-0.25, -0.2) is 27.9 Å². The number of anilines is 1. The molecule has 100 valence electrons. The van der Waals surface area contributed by atoms with E-state index in [1.807, 2.05) is 0 Å². The third-order valence-corrected chi connectivity index (χ3v) is 4.02. The minimum atomic E-state index is -3.74. The molecule has 0 aliphatic carbocycles. The maximum absolute atomic E-state index is 12.7. The van der Waals surface area contributed by atoms with Crippen LogP contribution in [0.5, 0.6) is 0 Å². The minimum Gasteiger partial charge on any atom is -0.391 e. The lowest BCUT2D eigenvalue weighted by Gasteiger charge is -2.34. The molecular weight excluding hydrogens is 263 g/mol. The molecule has 1 saturated heterocycles. The van der Waals surface area contributed by atoms with E-state index in [2.05, 4.69) is 9.97 Å². The topological polar surface area (TPSA) is 109 Å². The van der Waals surface area contributed by atoms with Crippen LogP contribution in [0.4, 0.5) is 10.3 Å². The van der Waals surface area contributed by atoms with Crippen LogP contribution in [0.25, 0.3) is 0 Å². The zero-order chi connectivity index (χ0) is 13.3. The summed E-state index contributed by atoms with van der Waals surface area (Å²) in [4.78, 5) is 8.97. The van der Waals surface area contributed by atoms with Gasteiger partial charge in [-0.15, -0.1) is 0 Å². The fourth-order valence-corrected chi connectivity index (χ4v) is 2.78. The highest BCUT2D eigenvalue weighted by atomic mass is 32.2. The third-order valence-electron chi connectivity index (χ3n) is 2.74. The number of aliphatic hydroxyl groups is 1. The lowest BCUT2D eigenvalue weighted by atomic mass is 10.1. The van der Waals surface area contributed by atoms with Crippen molar-refractivity contribution in [3.8, 4) is 0 Å². The summed E-state index contributed by atoms with van der Waals surface area (Å²) < 4.78 is 35.3. The second kappa shape index (κ2) is 4.75. The van der Waals surface area contributed by atoms with Gasteiger partial charge in [0.15, 0.2) is 5.82 Å². The van der Waals surface area contributed by atoms with E-state index in [9.17, 15) is 17.9 Å². The van der Waals surface area contributed by atoms with Crippen LogP contribution in [0.2, 0.25) is 0 Å². The van der Waals surface area contributed by atoms with Crippen LogP contribution in [-0.4, -0.2) is 47.9 Å². The van der Waals surface area contributed by atoms with Crippen LogP contribution in [0.1, 0.15) is 6.42 Å². The average Bonchev–Trinajstić information content (AvgIpc) is 2.28. The number of aliphatic hydroxyl groups excluding tert-OH is 1. The largest absolute Gasteiger partial charge is 0.391 e. The molecular formula is C9H13FN4O3S. The van der Waals surface area contributed by atoms with Crippen molar-refractivity contribution >= 4 is 16.0 Å². The van der Waals surface area contributed by atoms with E-state index in [0.29, 0.717) is 0 Å². The Morgan fingerprint density at radius 2 is 2.00 bits per heavy atom. The molecule has 0 aromatic carbocycles. The maximum atomic E-state index is 12.7. The van der Waals surface area contributed by atoms with Crippen LogP contribution in [0.3, 0.4) is 0 Å². The van der Waals surface area contributed by atoms with E-state index in [1.165, 1.54) is 4.90 Å². The fraction of sp³-hybridized carbons (Fsp3) is 0.556. The summed E-state index contributed by atoms with van der Waals surface area (Å²) in [7, 11) is -3.74. The zero-order valence-electron chi connectivity index (χ0n) is 9.40. The molecule has 0 saturated carbocycles. The molecule has 0 radical (unpaired) electrons. The normalized spacial score (nSPS) is 25.2. The highest BCUT2D eigenvalue weighted by Gasteiger charge is 2.33. The number of hydrogen-bond acceptors (Lipinski definition) is 6. The summed E-state index contributed by atoms with van der Waals surface area (Å²) >= 11 is 0. The van der Waals surface area contributed by atoms with Crippen LogP contribution < -0.4 is 10.0 Å². The van der Waals surface area contributed by atoms with Gasteiger partial charge in [-0.05, 0) is 6.42 Å². The van der Waals surface area contributed by atoms with Gasteiger partial charge >= 0.3 is 0 Å². The van der Waals surface area contributed by atoms with E-state index in [0.717, 1.165) is 12.4 Å². The van der Waals surface area contributed by atoms with Gasteiger partial charge in [0, 0.05) is 13.1 Å². The maximum Gasteiger partial charge on any atom is 0.225 e. The highest BCUT2D eigenvalue weighted by Crippen LogP contribution is 2.19. The number of halogens is 1. The van der Waals surface area contributed by atoms with E-state index in [-0.39, 0.29) is 25.5 Å². The Morgan fingerprint density at radius 1 is 1.39 bits per heavy atom. The summed E-state index contributed by atoms with van der Waals surface area (Å²) in [5.74, 6) is -0.414. The first-order chi connectivity index (χ1) is 8.36. The number of nitrogens with zero attached hydrogens (tertiary/aromatic N) is 3. The summed E-state index contributed by atoms with van der Waals surface area (Å²) in [5, 5.41) is 13.8. The second-order valence-electron chi connectivity index (χ2n) is 4.21. The van der Waals surface area contributed by atoms with Gasteiger partial charge in [-0.3, -0.25) is 0 Å². The molecule has 0 amide bonds. The molecule has 2 atom stereocenters. The molecule has 1 fully saturated rings. The summed E-state index contributed by atoms with van der Waals surface area (Å²) in [5.41, 5.74) is 0. The van der Waals surface area contributed by atoms with Crippen molar-refractivity contribution in [3.05, 3.63) is 18.2 Å². The predicted octanol–water partition coefficient (Wildman–Crippen LogP) is -1.16. The minimum absolute atomic E-state index is 0.0799. The number of rotatable bonds is 2. The molecule has 9 heteroatoms. The average molecular weight is 276 g/mol. The lowest BCUT2D eigenvalue weighted by molar-refractivity contribution is 0.154. The first kappa shape index (κ1) is 13.1. The number of sulfonamides is 1. The first-order valence-corrected chi connectivity index (χ1v) is 6.89. The Kier molecular flexibility index (Phi) is 3.46. The molecule has 1 aromatic heterocycles. The number of primary sulfonamides is 1. The number of β-amino-alcohol motifs (C(OH)–C–C–N with tert-alkyl or cyclic N) is 1. The van der Waals surface area contributed by atoms with Crippen LogP contribution in [-0.2, 0) is 10.0 Å². The fourth-order valence-electron chi connectivity index (χ4n) is 1.90. The molecule has 0 bridgehead atoms. The molecule has 1 aromatic rings. The lowest BCUT2D eigenvalue weighted by Crippen LogP contribution is -2.50. The quantitative estimate of drug-likeness (QED) is 0.705. The van der Waals surface area contributed by atoms with E-state index < -0.39 is 27.2 Å². The highest BCUT2D eigenvalue weighted by molar-refractivity contribution is 7.89. The van der Waals surface area contributed by atoms with Crippen molar-refractivity contribution in [2.24, 2.45) is 5.14 Å². The van der Waals surface area contributed by atoms with Crippen LogP contribution >= 0.6 is 0 Å². The molecule has 1 unspecified atom stereocenters. The molecule has 1 aliphatic heterocycles. The van der Waals surface area contributed by atoms with Gasteiger partial charge < -0.3 is 10.0 Å². The molecule has 3 N–H and O–H groups in total. The van der Waals surface area contributed by atoms with Crippen molar-refractivity contribution in [2.45, 2.75) is 17.8 Å². The molecule has 7 nitrogen and oxygen atoms in total. The van der Waals surface area contributed by atoms with Gasteiger partial charge in [-0.1, -0.05) is 0 Å². The SMILES string of the molecule is NS(=O)(=O)C1C[C@@H](O)CN(c2ncc(F)cn2)C1. The Balaban J connectivity index is 2.21. The Bertz CT molecular complexity index is 521. The number of piperidine rings is 1. The molecule has 1 aliphatic rings. The smallest absolute Gasteiger partial charge is 0.225 e. The van der Waals surface area contributed by atoms with Crippen molar-refractivity contribution in [3.63, 3.8) is 0 Å². The Labute approximate surface area is 104 Å². The summed E-state index contributed by atoms with van der Waals surface area (Å²) in [6.45, 7) is 0.277. The van der Waals surface area contributed by atoms with Crippen LogP contribution in [0, 0.1) is 5.82 Å². The number of hydrogen-bond donors (Lipinski definition) is 2. The molecule has 2 heterocycles. The van der Waals surface area contributed by atoms with Crippen molar-refractivity contribution in [1.29, 1.82) is 0 Å². The van der Waals surface area contributed by atoms with E-state index >= 15 is 0 Å². The van der Waals surface area contributed by atoms with Crippen molar-refractivity contribution in [1.82, 2.24) is 9.97 Å². The van der Waals surface area contributed by atoms with Crippen molar-refractivity contribution in [2.75, 3.05) is 18.0 Å². The van der Waals surface area contributed by atoms with Crippen LogP contribution in [0.15, 0.2) is 12.4 Å². The van der Waals surface area contributed by atoms with Crippen molar-refractivity contribution < 1.29 is 17.9 Å². The third kappa shape index (κ3) is 2.92. The zero-order valence-corrected chi connectivity index (χ0v) is 10.2. The molecule has 0 spiro atoms. The molecule has 18 heavy (non-hydrogen) atoms. The second-order valence-corrected chi connectivity index (χ2v) is 6.05. The molecule has 2 rings (SSSR count). The van der Waals surface area contributed by atoms with Gasteiger partial charge in [0.25, 0.3) is 0 Å². The van der Waals surface area contributed by atoms with Gasteiger partial charge in [0.1, 0.15) is 0 Å². The van der Waals surface area contributed by atoms with E-state index in [1.54, 1.807) is 0 Å². The Morgan fingerprint density at radius 3 is 2.56 bits per heavy atom. The number of aromatic nitrogens is 2. The number of nitrogens with two attached hydrogens (primary N) is 1. The van der Waals surface area contributed by atoms with Gasteiger partial charge in [0.05, 0.1) is 23.7 Å². The van der Waals surface area contributed by atoms with Gasteiger partial charge in [-0.2, -0.15) is 0 Å². The standard InChI is InChI=1S/C9H13FN4O3S/c10-6-2-12-9(13-3-6)14-4-7(15)1-8(5-14)18(11,16)17/h2-3,7-8,15H,1,4-5H2,(H2,11,16,17)/t7-,8?/m1/s1. The summed E-state index contributed by atoms with van der Waals surface area (Å²) in [6.07, 6.45) is 1.21. The predicted molar refractivity (Wildman–Crippen MR) is 61.7 cm³/mol. The Hall–Kier alpha value is -1.32. The monoisotopic (exact) mass is 276 g/mol. The van der Waals surface area contributed by atoms with Gasteiger partial charge in [0.2, 0.25) is 16.0 Å². The first-order valence-electron chi connectivity index (χ1n) is 5.28.